The van der Waals surface area contributed by atoms with Crippen LogP contribution in [0.15, 0.2) is 150 Å². The lowest BCUT2D eigenvalue weighted by Crippen LogP contribution is -2.19. The Hall–Kier alpha value is -6.82. The zero-order valence-corrected chi connectivity index (χ0v) is 47.1. The molecule has 28 heteroatoms. The molecule has 0 aliphatic rings. The van der Waals surface area contributed by atoms with E-state index >= 15 is 0 Å². The highest BCUT2D eigenvalue weighted by Crippen LogP contribution is 2.35. The molecular weight excluding hydrogens is 1220 g/mol. The van der Waals surface area contributed by atoms with Crippen LogP contribution in [0.4, 0.5) is 32.3 Å². The number of nitrogen functional groups attached to an aromatic ring is 1. The van der Waals surface area contributed by atoms with E-state index < -0.39 is 76.6 Å². The van der Waals surface area contributed by atoms with Gasteiger partial charge < -0.3 is 19.4 Å². The summed E-state index contributed by atoms with van der Waals surface area (Å²) in [5.74, 6) is -13.8. The van der Waals surface area contributed by atoms with E-state index in [0.717, 1.165) is 28.2 Å². The predicted molar refractivity (Wildman–Crippen MR) is 288 cm³/mol. The van der Waals surface area contributed by atoms with E-state index in [4.69, 9.17) is 15.2 Å². The molecule has 0 radical (unpaired) electrons. The normalized spacial score (nSPS) is 11.0. The molecular formula is C48H39Br2F6N7O9P2S2. The number of benzene rings is 5. The lowest BCUT2D eigenvalue weighted by molar-refractivity contribution is 0.346. The molecule has 2 atom stereocenters. The fourth-order valence-electron chi connectivity index (χ4n) is 6.92. The zero-order valence-electron chi connectivity index (χ0n) is 39.4. The molecule has 0 aliphatic carbocycles. The molecule has 4 aromatic heterocycles. The Bertz CT molecular complexity index is 3980. The highest BCUT2D eigenvalue weighted by atomic mass is 79.9. The van der Waals surface area contributed by atoms with Gasteiger partial charge >= 0.3 is 10.1 Å². The van der Waals surface area contributed by atoms with E-state index in [0.29, 0.717) is 28.3 Å². The highest BCUT2D eigenvalue weighted by molar-refractivity contribution is 9.10. The number of rotatable bonds is 10. The largest absolute Gasteiger partial charge is 0.495 e. The maximum atomic E-state index is 14.2. The number of pyridine rings is 2. The number of halogens is 8. The Morgan fingerprint density at radius 2 is 1.03 bits per heavy atom. The van der Waals surface area contributed by atoms with Crippen LogP contribution in [0, 0.1) is 41.8 Å². The Kier molecular flexibility index (Phi) is 19.7. The maximum Gasteiger partial charge on any atom is 0.339 e. The number of sulfone groups is 1. The van der Waals surface area contributed by atoms with Crippen LogP contribution >= 0.6 is 51.7 Å². The second-order valence-electron chi connectivity index (χ2n) is 15.1. The van der Waals surface area contributed by atoms with Crippen molar-refractivity contribution in [1.82, 2.24) is 29.1 Å². The van der Waals surface area contributed by atoms with Crippen molar-refractivity contribution in [2.45, 2.75) is 22.5 Å². The van der Waals surface area contributed by atoms with Crippen LogP contribution in [0.3, 0.4) is 0 Å². The van der Waals surface area contributed by atoms with Gasteiger partial charge in [-0.1, -0.05) is 15.9 Å². The first-order valence-electron chi connectivity index (χ1n) is 20.7. The predicted octanol–water partition coefficient (Wildman–Crippen LogP) is 9.37. The molecule has 0 aliphatic heterocycles. The summed E-state index contributed by atoms with van der Waals surface area (Å²) in [4.78, 5) is 40.0. The Labute approximate surface area is 451 Å². The summed E-state index contributed by atoms with van der Waals surface area (Å²) in [5, 5.41) is 0.666. The second kappa shape index (κ2) is 24.9. The third-order valence-corrected chi connectivity index (χ3v) is 14.7. The van der Waals surface area contributed by atoms with Crippen LogP contribution in [0.25, 0.3) is 33.2 Å². The molecule has 0 fully saturated rings. The fraction of sp³-hybridized carbons (Fsp3) is 0.0833. The summed E-state index contributed by atoms with van der Waals surface area (Å²) in [7, 11) is -5.97. The van der Waals surface area contributed by atoms with Crippen molar-refractivity contribution in [2.75, 3.05) is 20.0 Å². The Morgan fingerprint density at radius 1 is 0.579 bits per heavy atom. The average molecular weight is 1260 g/mol. The van der Waals surface area contributed by atoms with E-state index in [1.807, 2.05) is 0 Å². The van der Waals surface area contributed by atoms with Gasteiger partial charge in [-0.3, -0.25) is 18.7 Å². The van der Waals surface area contributed by atoms with Gasteiger partial charge in [0.05, 0.1) is 46.0 Å². The first kappa shape index (κ1) is 60.0. The van der Waals surface area contributed by atoms with Crippen LogP contribution in [0.1, 0.15) is 11.4 Å². The standard InChI is InChI=1S/C23H13BrF5NO5S.C21H15BrFN3O4S.C4H5N3.2H3P/c1-10-7-15(16(34-2)9-13(10)24)30-14-5-4-12(8-11(14)3-6-17(30)31)36(32,33)35-23-21(28)19(26)18(25)20(27)22(23)29;1-30-19-10-15(22)16(23)11-18(19)26-17-5-4-14(9-13(17)3-6-21(26)27)31(28,29)12-20-24-7-2-8-25-20;5-4-6-2-1-3-7-4;;/h3-9H,1-2H3;2-11H,12H2,1H3;1-3H,(H2,5,6,7);2*1H3. The van der Waals surface area contributed by atoms with E-state index in [9.17, 15) is 52.8 Å². The molecule has 5 aromatic carbocycles. The smallest absolute Gasteiger partial charge is 0.339 e. The van der Waals surface area contributed by atoms with Crippen LogP contribution < -0.4 is 30.5 Å². The van der Waals surface area contributed by atoms with Crippen molar-refractivity contribution in [3.8, 4) is 28.6 Å². The molecule has 16 nitrogen and oxygen atoms in total. The Morgan fingerprint density at radius 3 is 1.51 bits per heavy atom. The lowest BCUT2D eigenvalue weighted by Gasteiger charge is -2.16. The van der Waals surface area contributed by atoms with Crippen molar-refractivity contribution >= 4 is 99.4 Å². The van der Waals surface area contributed by atoms with Gasteiger partial charge in [0.25, 0.3) is 11.1 Å². The molecule has 0 amide bonds. The zero-order chi connectivity index (χ0) is 53.8. The number of anilines is 1. The topological polar surface area (TPSA) is 218 Å². The maximum absolute atomic E-state index is 14.2. The monoisotopic (exact) mass is 1250 g/mol. The minimum absolute atomic E-state index is 0. The van der Waals surface area contributed by atoms with Crippen LogP contribution in [-0.2, 0) is 25.7 Å². The summed E-state index contributed by atoms with van der Waals surface area (Å²) in [5.41, 5.74) is 6.20. The van der Waals surface area contributed by atoms with Crippen molar-refractivity contribution in [3.63, 3.8) is 0 Å². The average Bonchev–Trinajstić information content (AvgIpc) is 3.38. The van der Waals surface area contributed by atoms with Crippen molar-refractivity contribution < 1.29 is 56.8 Å². The van der Waals surface area contributed by atoms with E-state index in [2.05, 4.69) is 56.0 Å². The molecule has 9 rings (SSSR count). The summed E-state index contributed by atoms with van der Waals surface area (Å²) < 4.78 is 152. The number of methoxy groups -OCH3 is 2. The molecule has 2 unspecified atom stereocenters. The minimum atomic E-state index is -5.06. The summed E-state index contributed by atoms with van der Waals surface area (Å²) in [6, 6.07) is 22.1. The van der Waals surface area contributed by atoms with Crippen LogP contribution in [0.5, 0.6) is 17.2 Å². The molecule has 0 saturated heterocycles. The summed E-state index contributed by atoms with van der Waals surface area (Å²) >= 11 is 6.48. The minimum Gasteiger partial charge on any atom is -0.495 e. The number of fused-ring (bicyclic) bond motifs is 2. The molecule has 4 heterocycles. The van der Waals surface area contributed by atoms with E-state index in [1.54, 1.807) is 43.6 Å². The molecule has 0 bridgehead atoms. The molecule has 2 N–H and O–H groups in total. The lowest BCUT2D eigenvalue weighted by atomic mass is 10.1. The summed E-state index contributed by atoms with van der Waals surface area (Å²) in [6.07, 6.45) is 6.15. The molecule has 398 valence electrons. The van der Waals surface area contributed by atoms with Crippen molar-refractivity contribution in [3.05, 3.63) is 198 Å². The molecule has 76 heavy (non-hydrogen) atoms. The number of nitrogens with two attached hydrogens (primary N) is 1. The van der Waals surface area contributed by atoms with E-state index in [1.165, 1.54) is 90.3 Å². The first-order chi connectivity index (χ1) is 35.1. The van der Waals surface area contributed by atoms with Gasteiger partial charge in [-0.15, -0.1) is 0 Å². The number of nitrogens with zero attached hydrogens (tertiary/aromatic N) is 6. The van der Waals surface area contributed by atoms with Gasteiger partial charge in [-0.05, 0) is 107 Å². The third kappa shape index (κ3) is 12.9. The van der Waals surface area contributed by atoms with Gasteiger partial charge in [-0.25, -0.2) is 45.9 Å². The van der Waals surface area contributed by atoms with Crippen molar-refractivity contribution in [2.24, 2.45) is 0 Å². The second-order valence-corrected chi connectivity index (χ2v) is 20.4. The SMILES string of the molecule is COc1cc(Br)c(C)cc1-n1c(=O)ccc2cc(S(=O)(=O)Oc3c(F)c(F)c(F)c(F)c3F)ccc21.COc1cc(Br)c(F)cc1-n1c(=O)ccc2cc(S(=O)(=O)Cc3ncccn3)ccc21.Nc1ncccn1.P.P. The number of aryl methyl sites for hydroxylation is 1. The quantitative estimate of drug-likeness (QED) is 0.0444. The number of ether oxygens (including phenoxy) is 2. The van der Waals surface area contributed by atoms with Gasteiger partial charge in [0.1, 0.15) is 33.8 Å². The van der Waals surface area contributed by atoms with Crippen LogP contribution in [0.2, 0.25) is 0 Å². The highest BCUT2D eigenvalue weighted by Gasteiger charge is 2.31. The number of hydrogen-bond donors (Lipinski definition) is 1. The number of aromatic nitrogens is 6. The van der Waals surface area contributed by atoms with Gasteiger partial charge in [-0.2, -0.15) is 37.0 Å². The Balaban J connectivity index is 0.000000244. The van der Waals surface area contributed by atoms with Gasteiger partial charge in [0, 0.05) is 58.2 Å². The number of hydrogen-bond acceptors (Lipinski definition) is 14. The van der Waals surface area contributed by atoms with E-state index in [-0.39, 0.29) is 63.1 Å². The molecule has 0 saturated carbocycles. The summed E-state index contributed by atoms with van der Waals surface area (Å²) in [6.45, 7) is 1.78. The first-order valence-corrected chi connectivity index (χ1v) is 25.4. The fourth-order valence-corrected chi connectivity index (χ4v) is 9.77. The third-order valence-electron chi connectivity index (χ3n) is 10.4. The van der Waals surface area contributed by atoms with Crippen LogP contribution in [-0.4, -0.2) is 60.1 Å². The van der Waals surface area contributed by atoms with Crippen molar-refractivity contribution in [1.29, 1.82) is 0 Å². The molecule has 0 spiro atoms. The molecule has 9 aromatic rings. The van der Waals surface area contributed by atoms with Gasteiger partial charge in [0.15, 0.2) is 9.84 Å². The van der Waals surface area contributed by atoms with Gasteiger partial charge in [0.2, 0.25) is 40.8 Å².